The lowest BCUT2D eigenvalue weighted by atomic mass is 9.90. The summed E-state index contributed by atoms with van der Waals surface area (Å²) in [5.41, 5.74) is 2.12. The molecular weight excluding hydrogens is 631 g/mol. The second-order valence-corrected chi connectivity index (χ2v) is 11.0. The number of halogens is 5. The van der Waals surface area contributed by atoms with Gasteiger partial charge in [-0.1, -0.05) is 84.4 Å². The van der Waals surface area contributed by atoms with E-state index in [1.54, 1.807) is 24.3 Å². The van der Waals surface area contributed by atoms with E-state index in [1.165, 1.54) is 13.2 Å². The third-order valence-electron chi connectivity index (χ3n) is 6.85. The van der Waals surface area contributed by atoms with Gasteiger partial charge in [-0.15, -0.1) is 0 Å². The summed E-state index contributed by atoms with van der Waals surface area (Å²) in [7, 11) is 1.31. The maximum Gasteiger partial charge on any atom is 0.417 e. The van der Waals surface area contributed by atoms with E-state index in [1.807, 2.05) is 36.4 Å². The molecule has 0 aromatic heterocycles. The predicted octanol–water partition coefficient (Wildman–Crippen LogP) is 9.01. The fourth-order valence-electron chi connectivity index (χ4n) is 4.77. The number of hydrogen-bond donors (Lipinski definition) is 0. The molecule has 4 nitrogen and oxygen atoms in total. The molecule has 4 rings (SSSR count). The quantitative estimate of drug-likeness (QED) is 0.112. The Morgan fingerprint density at radius 1 is 0.929 bits per heavy atom. The lowest BCUT2D eigenvalue weighted by molar-refractivity contribution is -0.137. The van der Waals surface area contributed by atoms with Crippen LogP contribution >= 0.6 is 27.5 Å². The highest BCUT2D eigenvalue weighted by molar-refractivity contribution is 9.10. The molecule has 0 bridgehead atoms. The van der Waals surface area contributed by atoms with Crippen LogP contribution in [0.15, 0.2) is 102 Å². The number of hydrogen-bond acceptors (Lipinski definition) is 4. The Morgan fingerprint density at radius 3 is 2.17 bits per heavy atom. The lowest BCUT2D eigenvalue weighted by Crippen LogP contribution is -2.31. The first-order chi connectivity index (χ1) is 20.2. The largest absolute Gasteiger partial charge is 0.494 e. The van der Waals surface area contributed by atoms with Crippen LogP contribution in [0, 0.1) is 0 Å². The minimum Gasteiger partial charge on any atom is -0.494 e. The molecule has 0 fully saturated rings. The van der Waals surface area contributed by atoms with Gasteiger partial charge in [0.25, 0.3) is 0 Å². The van der Waals surface area contributed by atoms with E-state index in [0.29, 0.717) is 47.5 Å². The molecule has 0 aliphatic rings. The van der Waals surface area contributed by atoms with E-state index >= 15 is 0 Å². The number of carbonyl (C=O) groups excluding carboxylic acids is 1. The molecule has 0 aliphatic heterocycles. The van der Waals surface area contributed by atoms with Crippen LogP contribution in [0.1, 0.15) is 45.0 Å². The smallest absolute Gasteiger partial charge is 0.417 e. The van der Waals surface area contributed by atoms with Crippen molar-refractivity contribution >= 4 is 33.5 Å². The molecule has 0 N–H and O–H groups in total. The molecule has 4 aromatic carbocycles. The van der Waals surface area contributed by atoms with Crippen LogP contribution in [-0.4, -0.2) is 37.7 Å². The molecule has 4 aromatic rings. The lowest BCUT2D eigenvalue weighted by Gasteiger charge is -2.29. The van der Waals surface area contributed by atoms with Crippen LogP contribution in [0.25, 0.3) is 0 Å². The number of ether oxygens (including phenoxy) is 2. The minimum atomic E-state index is -4.55. The molecule has 220 valence electrons. The highest BCUT2D eigenvalue weighted by Crippen LogP contribution is 2.37. The first-order valence-corrected chi connectivity index (χ1v) is 14.5. The number of methoxy groups -OCH3 is 1. The Bertz CT molecular complexity index is 1430. The maximum atomic E-state index is 13.6. The Kier molecular flexibility index (Phi) is 11.1. The minimum absolute atomic E-state index is 0.0213. The molecule has 0 radical (unpaired) electrons. The number of carbonyl (C=O) groups is 1. The third kappa shape index (κ3) is 8.37. The van der Waals surface area contributed by atoms with E-state index in [0.717, 1.165) is 17.2 Å². The van der Waals surface area contributed by atoms with Crippen LogP contribution < -0.4 is 4.74 Å². The topological polar surface area (TPSA) is 38.8 Å². The van der Waals surface area contributed by atoms with Crippen molar-refractivity contribution in [1.29, 1.82) is 0 Å². The van der Waals surface area contributed by atoms with Crippen molar-refractivity contribution in [3.05, 3.63) is 134 Å². The van der Waals surface area contributed by atoms with Gasteiger partial charge in [0.2, 0.25) is 0 Å². The number of esters is 1. The summed E-state index contributed by atoms with van der Waals surface area (Å²) in [6.45, 7) is 1.63. The summed E-state index contributed by atoms with van der Waals surface area (Å²) in [6, 6.07) is 29.2. The summed E-state index contributed by atoms with van der Waals surface area (Å²) in [5, 5.41) is -0.285. The Morgan fingerprint density at radius 2 is 1.57 bits per heavy atom. The molecule has 0 unspecified atom stereocenters. The van der Waals surface area contributed by atoms with Gasteiger partial charge in [0.1, 0.15) is 5.75 Å². The van der Waals surface area contributed by atoms with Gasteiger partial charge in [0.15, 0.2) is 0 Å². The van der Waals surface area contributed by atoms with Crippen LogP contribution in [-0.2, 0) is 17.5 Å². The van der Waals surface area contributed by atoms with Crippen LogP contribution in [0.3, 0.4) is 0 Å². The zero-order valence-electron chi connectivity index (χ0n) is 22.9. The fourth-order valence-corrected chi connectivity index (χ4v) is 5.47. The second kappa shape index (κ2) is 14.7. The summed E-state index contributed by atoms with van der Waals surface area (Å²) in [5.74, 6) is 0.00818. The van der Waals surface area contributed by atoms with E-state index in [9.17, 15) is 18.0 Å². The molecule has 0 saturated heterocycles. The number of nitrogens with zero attached hydrogens (tertiary/aromatic N) is 1. The SMILES string of the molecule is COC(=O)c1cc(OCCCN(Cc2cccc(C(F)(F)F)c2Cl)CC(c2ccccc2)c2ccccc2)ccc1Br. The van der Waals surface area contributed by atoms with Crippen molar-refractivity contribution in [3.8, 4) is 5.75 Å². The fraction of sp³-hybridized carbons (Fsp3) is 0.242. The summed E-state index contributed by atoms with van der Waals surface area (Å²) < 4.78 is 52.2. The molecule has 0 amide bonds. The van der Waals surface area contributed by atoms with E-state index < -0.39 is 17.7 Å². The van der Waals surface area contributed by atoms with E-state index in [-0.39, 0.29) is 17.5 Å². The van der Waals surface area contributed by atoms with Crippen molar-refractivity contribution in [2.75, 3.05) is 26.8 Å². The van der Waals surface area contributed by atoms with Crippen LogP contribution in [0.5, 0.6) is 5.75 Å². The van der Waals surface area contributed by atoms with Gasteiger partial charge < -0.3 is 9.47 Å². The predicted molar refractivity (Wildman–Crippen MR) is 162 cm³/mol. The second-order valence-electron chi connectivity index (χ2n) is 9.72. The van der Waals surface area contributed by atoms with Crippen LogP contribution in [0.2, 0.25) is 5.02 Å². The Balaban J connectivity index is 1.56. The first kappa shape index (κ1) is 31.6. The van der Waals surface area contributed by atoms with Crippen molar-refractivity contribution in [1.82, 2.24) is 4.90 Å². The molecule has 42 heavy (non-hydrogen) atoms. The summed E-state index contributed by atoms with van der Waals surface area (Å²) >= 11 is 9.65. The number of alkyl halides is 3. The molecule has 9 heteroatoms. The van der Waals surface area contributed by atoms with Crippen molar-refractivity contribution in [2.24, 2.45) is 0 Å². The van der Waals surface area contributed by atoms with Crippen molar-refractivity contribution in [2.45, 2.75) is 25.1 Å². The van der Waals surface area contributed by atoms with E-state index in [4.69, 9.17) is 21.1 Å². The van der Waals surface area contributed by atoms with Gasteiger partial charge in [-0.3, -0.25) is 4.90 Å². The highest BCUT2D eigenvalue weighted by atomic mass is 79.9. The zero-order valence-corrected chi connectivity index (χ0v) is 25.3. The number of benzene rings is 4. The Hall–Kier alpha value is -3.33. The van der Waals surface area contributed by atoms with Crippen molar-refractivity contribution in [3.63, 3.8) is 0 Å². The molecule has 0 saturated carbocycles. The molecule has 0 heterocycles. The summed E-state index contributed by atoms with van der Waals surface area (Å²) in [4.78, 5) is 14.1. The van der Waals surface area contributed by atoms with E-state index in [2.05, 4.69) is 45.1 Å². The van der Waals surface area contributed by atoms with Gasteiger partial charge in [-0.2, -0.15) is 13.2 Å². The third-order valence-corrected chi connectivity index (χ3v) is 7.99. The van der Waals surface area contributed by atoms with Gasteiger partial charge in [0, 0.05) is 30.0 Å². The Labute approximate surface area is 257 Å². The highest BCUT2D eigenvalue weighted by Gasteiger charge is 2.34. The molecular formula is C33H30BrClF3NO3. The van der Waals surface area contributed by atoms with Gasteiger partial charge in [0.05, 0.1) is 29.9 Å². The van der Waals surface area contributed by atoms with Gasteiger partial charge in [-0.25, -0.2) is 4.79 Å². The van der Waals surface area contributed by atoms with Crippen LogP contribution in [0.4, 0.5) is 13.2 Å². The van der Waals surface area contributed by atoms with Crippen molar-refractivity contribution < 1.29 is 27.4 Å². The summed E-state index contributed by atoms with van der Waals surface area (Å²) in [6.07, 6.45) is -3.97. The normalized spacial score (nSPS) is 11.6. The van der Waals surface area contributed by atoms with Gasteiger partial charge in [-0.05, 0) is 63.3 Å². The maximum absolute atomic E-state index is 13.6. The zero-order chi connectivity index (χ0) is 30.1. The average Bonchev–Trinajstić information content (AvgIpc) is 2.99. The average molecular weight is 661 g/mol. The molecule has 0 atom stereocenters. The first-order valence-electron chi connectivity index (χ1n) is 13.3. The molecule has 0 spiro atoms. The standard InChI is InChI=1S/C33H30BrClF3NO3/c1-41-32(40)27-20-26(16-17-30(27)34)42-19-9-18-39(21-25-14-8-15-29(31(25)35)33(36,37)38)22-28(23-10-4-2-5-11-23)24-12-6-3-7-13-24/h2-8,10-17,20,28H,9,18-19,21-22H2,1H3. The monoisotopic (exact) mass is 659 g/mol. The van der Waals surface area contributed by atoms with Gasteiger partial charge >= 0.3 is 12.1 Å². The number of rotatable bonds is 12. The molecule has 0 aliphatic carbocycles.